The summed E-state index contributed by atoms with van der Waals surface area (Å²) < 4.78 is 15.4. The van der Waals surface area contributed by atoms with Gasteiger partial charge in [0.05, 0.1) is 0 Å². The van der Waals surface area contributed by atoms with E-state index in [-0.39, 0.29) is 24.2 Å². The van der Waals surface area contributed by atoms with Gasteiger partial charge in [-0.25, -0.2) is 0 Å². The number of primary amides is 1. The maximum atomic E-state index is 16.9. The van der Waals surface area contributed by atoms with Gasteiger partial charge in [0.25, 0.3) is 0 Å². The number of carbonyl (C=O) groups is 3. The first-order valence-corrected chi connectivity index (χ1v) is 15.9. The second kappa shape index (κ2) is 8.71. The van der Waals surface area contributed by atoms with Crippen molar-refractivity contribution in [3.05, 3.63) is 11.3 Å². The quantitative estimate of drug-likeness (QED) is 0.457. The number of amides is 1. The van der Waals surface area contributed by atoms with Gasteiger partial charge < -0.3 is 0 Å². The molecule has 34 heavy (non-hydrogen) atoms. The molecule has 3 aliphatic heterocycles. The van der Waals surface area contributed by atoms with Gasteiger partial charge in [0.2, 0.25) is 0 Å². The van der Waals surface area contributed by atoms with Crippen molar-refractivity contribution in [3.63, 3.8) is 0 Å². The van der Waals surface area contributed by atoms with E-state index in [1.54, 1.807) is 0 Å². The molecule has 2 bridgehead atoms. The van der Waals surface area contributed by atoms with Crippen molar-refractivity contribution < 1.29 is 23.9 Å². The summed E-state index contributed by atoms with van der Waals surface area (Å²) in [6.07, 6.45) is 1.84. The Hall–Kier alpha value is -1.22. The molecule has 2 fully saturated rings. The number of halogens is 1. The van der Waals surface area contributed by atoms with Gasteiger partial charge >= 0.3 is 213 Å². The molecule has 9 heteroatoms. The van der Waals surface area contributed by atoms with Crippen LogP contribution >= 0.6 is 0 Å². The third kappa shape index (κ3) is 3.24. The number of allylic oxidation sites excluding steroid dienone is 1. The average molecular weight is 577 g/mol. The van der Waals surface area contributed by atoms with Gasteiger partial charge in [-0.15, -0.1) is 0 Å². The molecule has 0 aromatic carbocycles. The van der Waals surface area contributed by atoms with Crippen LogP contribution in [0, 0.1) is 22.7 Å². The van der Waals surface area contributed by atoms with E-state index in [2.05, 4.69) is 23.6 Å². The number of hydrogen-bond donors (Lipinski definition) is 2. The minimum absolute atomic E-state index is 0.211. The van der Waals surface area contributed by atoms with Gasteiger partial charge in [-0.05, 0) is 0 Å². The third-order valence-electron chi connectivity index (χ3n) is 9.47. The summed E-state index contributed by atoms with van der Waals surface area (Å²) in [6.45, 7) is 13.0. The number of carbonyl (C=O) groups excluding carboxylic acids is 2. The molecule has 1 saturated heterocycles. The summed E-state index contributed by atoms with van der Waals surface area (Å²) in [5, 5.41) is 10.8. The van der Waals surface area contributed by atoms with Crippen molar-refractivity contribution in [3.8, 4) is 0 Å². The molecule has 0 radical (unpaired) electrons. The molecule has 5 atom stereocenters. The molecule has 7 nitrogen and oxygen atoms in total. The maximum absolute atomic E-state index is 16.9. The topological polar surface area (TPSA) is 104 Å². The second-order valence-corrected chi connectivity index (χ2v) is 16.0. The van der Waals surface area contributed by atoms with E-state index in [1.807, 2.05) is 20.8 Å². The Morgan fingerprint density at radius 2 is 1.88 bits per heavy atom. The second-order valence-electron chi connectivity index (χ2n) is 10.9. The number of carboxylic acids is 1. The number of nitrogens with two attached hydrogens (primary N) is 1. The van der Waals surface area contributed by atoms with E-state index >= 15 is 4.39 Å². The fourth-order valence-corrected chi connectivity index (χ4v) is 14.2. The zero-order chi connectivity index (χ0) is 25.2. The first-order valence-electron chi connectivity index (χ1n) is 12.6. The van der Waals surface area contributed by atoms with Crippen LogP contribution in [0.3, 0.4) is 0 Å². The Labute approximate surface area is 212 Å². The van der Waals surface area contributed by atoms with Crippen LogP contribution in [0.4, 0.5) is 4.39 Å². The van der Waals surface area contributed by atoms with Crippen molar-refractivity contribution >= 4 is 43.3 Å². The number of hydrogen-bond acceptors (Lipinski definition) is 5. The Kier molecular flexibility index (Phi) is 6.63. The van der Waals surface area contributed by atoms with E-state index < -0.39 is 54.5 Å². The summed E-state index contributed by atoms with van der Waals surface area (Å²) in [6, 6.07) is -0.246. The van der Waals surface area contributed by atoms with Gasteiger partial charge in [0.15, 0.2) is 0 Å². The number of Topliss-reactive ketones (excluding diaryl/α,β-unsaturated/α-hetero) is 1. The van der Waals surface area contributed by atoms with Crippen molar-refractivity contribution in [2.45, 2.75) is 69.8 Å². The zero-order valence-corrected chi connectivity index (χ0v) is 24.3. The Morgan fingerprint density at radius 3 is 2.35 bits per heavy atom. The summed E-state index contributed by atoms with van der Waals surface area (Å²) in [5.74, 6) is -2.67. The number of alkyl halides is 1. The molecule has 1 aliphatic carbocycles. The molecule has 1 amide bonds. The van der Waals surface area contributed by atoms with Gasteiger partial charge in [-0.2, -0.15) is 0 Å². The molecule has 3 heterocycles. The van der Waals surface area contributed by atoms with Crippen molar-refractivity contribution in [1.29, 1.82) is 0 Å². The molecule has 5 unspecified atom stereocenters. The van der Waals surface area contributed by atoms with Gasteiger partial charge in [-0.1, -0.05) is 0 Å². The monoisotopic (exact) mass is 577 g/mol. The first kappa shape index (κ1) is 25.9. The molecule has 4 rings (SSSR count). The number of nitrogens with zero attached hydrogens (tertiary/aromatic N) is 2. The molecule has 0 aromatic heterocycles. The normalized spacial score (nSPS) is 38.2. The fourth-order valence-electron chi connectivity index (χ4n) is 7.54. The van der Waals surface area contributed by atoms with Crippen LogP contribution in [0.5, 0.6) is 0 Å². The molecule has 3 N–H and O–H groups in total. The van der Waals surface area contributed by atoms with Crippen LogP contribution in [0.15, 0.2) is 11.3 Å². The van der Waals surface area contributed by atoms with Crippen molar-refractivity contribution in [1.82, 2.24) is 9.80 Å². The van der Waals surface area contributed by atoms with Gasteiger partial charge in [0, 0.05) is 0 Å². The summed E-state index contributed by atoms with van der Waals surface area (Å²) in [5.41, 5.74) is 4.55. The van der Waals surface area contributed by atoms with Crippen LogP contribution in [0.1, 0.15) is 60.3 Å². The van der Waals surface area contributed by atoms with Gasteiger partial charge in [0.1, 0.15) is 0 Å². The van der Waals surface area contributed by atoms with Gasteiger partial charge in [-0.3, -0.25) is 0 Å². The standard InChI is InChI=1S/C25H37FN3O4.In/c1-6-28(7-2)11-12-29-16(4)20(22(27)31)15(3)21(29)18-13-17(30)14-19(26)25(18,23(32)33)24(5)9-8-10-24;/h15-16,20H,6-12,14H2,1-5H3,(H2,27,31)(H,32,33);/b21-18+;. The predicted octanol–water partition coefficient (Wildman–Crippen LogP) is 1.81. The number of ketones is 1. The summed E-state index contributed by atoms with van der Waals surface area (Å²) >= 11 is -2.34. The molecule has 4 aliphatic rings. The van der Waals surface area contributed by atoms with E-state index in [9.17, 15) is 19.5 Å². The number of carboxylic acid groups (broad SMARTS) is 1. The average Bonchev–Trinajstić information content (AvgIpc) is 3.28. The number of rotatable bonds is 8. The van der Waals surface area contributed by atoms with Crippen LogP contribution in [0.2, 0.25) is 0 Å². The van der Waals surface area contributed by atoms with Crippen LogP contribution in [0.25, 0.3) is 0 Å². The van der Waals surface area contributed by atoms with Crippen LogP contribution in [-0.2, 0) is 14.4 Å². The first-order chi connectivity index (χ1) is 15.9. The number of likely N-dealkylation sites (N-methyl/N-ethyl adjacent to an activating group) is 1. The Morgan fingerprint density at radius 1 is 1.26 bits per heavy atom. The van der Waals surface area contributed by atoms with E-state index in [4.69, 9.17) is 5.73 Å². The molecule has 1 saturated carbocycles. The zero-order valence-electron chi connectivity index (χ0n) is 21.0. The van der Waals surface area contributed by atoms with Crippen molar-refractivity contribution in [2.75, 3.05) is 26.2 Å². The minimum atomic E-state index is -2.34. The van der Waals surface area contributed by atoms with E-state index in [0.29, 0.717) is 33.9 Å². The molecule has 0 spiro atoms. The van der Waals surface area contributed by atoms with Crippen molar-refractivity contribution in [2.24, 2.45) is 28.4 Å². The summed E-state index contributed by atoms with van der Waals surface area (Å²) in [4.78, 5) is 43.2. The van der Waals surface area contributed by atoms with E-state index in [0.717, 1.165) is 26.1 Å². The van der Waals surface area contributed by atoms with E-state index in [1.165, 1.54) is 0 Å². The third-order valence-corrected chi connectivity index (χ3v) is 15.2. The Balaban J connectivity index is 1.97. The fraction of sp³-hybridized carbons (Fsp3) is 0.760. The molecule has 186 valence electrons. The number of likely N-dealkylation sites (tertiary alicyclic amines) is 1. The summed E-state index contributed by atoms with van der Waals surface area (Å²) in [7, 11) is 0. The molecule has 0 aromatic rings. The SMILES string of the molecule is CCN(CC)CCN1/C(=C2\[C]3=[In][C](F)(CC3=O)C2(C(=O)O)C2(C)CCC2)C(C)C(C(N)=O)C1C. The van der Waals surface area contributed by atoms with Crippen LogP contribution in [-0.4, -0.2) is 93.9 Å². The molecular formula is C25H37FInN3O4. The number of aliphatic carboxylic acids is 1. The number of fused-ring (bicyclic) bond motifs is 1. The predicted molar refractivity (Wildman–Crippen MR) is 129 cm³/mol. The molecular weight excluding hydrogens is 540 g/mol. The van der Waals surface area contributed by atoms with Crippen LogP contribution < -0.4 is 5.73 Å². The Bertz CT molecular complexity index is 989.